The molecule has 0 spiro atoms. The zero-order valence-corrected chi connectivity index (χ0v) is 14.1. The molecule has 0 saturated heterocycles. The standard InChI is InChI=1S/C14H17N5OS2/c1-3-11-7-15-12(22-11)9-18(2)13(20)16-6-10-8-19-4-5-21-14(19)17-10/h4-5,7-8H,3,6,9H2,1-2H3,(H,16,20). The zero-order chi connectivity index (χ0) is 15.5. The Hall–Kier alpha value is -1.93. The van der Waals surface area contributed by atoms with Gasteiger partial charge in [-0.15, -0.1) is 22.7 Å². The topological polar surface area (TPSA) is 62.5 Å². The van der Waals surface area contributed by atoms with Crippen molar-refractivity contribution < 1.29 is 4.79 Å². The Morgan fingerprint density at radius 2 is 2.36 bits per heavy atom. The van der Waals surface area contributed by atoms with Gasteiger partial charge in [-0.25, -0.2) is 14.8 Å². The highest BCUT2D eigenvalue weighted by Crippen LogP contribution is 2.15. The van der Waals surface area contributed by atoms with Crippen LogP contribution in [0.1, 0.15) is 22.5 Å². The van der Waals surface area contributed by atoms with Gasteiger partial charge in [0.15, 0.2) is 4.96 Å². The summed E-state index contributed by atoms with van der Waals surface area (Å²) >= 11 is 3.23. The van der Waals surface area contributed by atoms with Crippen LogP contribution in [-0.4, -0.2) is 32.3 Å². The van der Waals surface area contributed by atoms with Crippen molar-refractivity contribution in [3.63, 3.8) is 0 Å². The lowest BCUT2D eigenvalue weighted by Crippen LogP contribution is -2.36. The largest absolute Gasteiger partial charge is 0.332 e. The number of carbonyl (C=O) groups excluding carboxylic acids is 1. The van der Waals surface area contributed by atoms with Gasteiger partial charge < -0.3 is 10.2 Å². The smallest absolute Gasteiger partial charge is 0.317 e. The molecule has 0 fully saturated rings. The Balaban J connectivity index is 1.53. The summed E-state index contributed by atoms with van der Waals surface area (Å²) in [7, 11) is 1.77. The first-order chi connectivity index (χ1) is 10.7. The van der Waals surface area contributed by atoms with Crippen molar-refractivity contribution in [2.75, 3.05) is 7.05 Å². The number of aryl methyl sites for hydroxylation is 1. The molecule has 0 aliphatic heterocycles. The van der Waals surface area contributed by atoms with Gasteiger partial charge in [-0.1, -0.05) is 6.92 Å². The Morgan fingerprint density at radius 1 is 1.50 bits per heavy atom. The molecule has 3 rings (SSSR count). The van der Waals surface area contributed by atoms with Gasteiger partial charge in [0.1, 0.15) is 5.01 Å². The molecule has 3 aromatic rings. The number of urea groups is 1. The summed E-state index contributed by atoms with van der Waals surface area (Å²) in [5.41, 5.74) is 0.858. The lowest BCUT2D eigenvalue weighted by atomic mass is 10.4. The maximum atomic E-state index is 12.1. The zero-order valence-electron chi connectivity index (χ0n) is 12.4. The Labute approximate surface area is 136 Å². The highest BCUT2D eigenvalue weighted by atomic mass is 32.1. The van der Waals surface area contributed by atoms with Gasteiger partial charge in [-0.3, -0.25) is 4.40 Å². The van der Waals surface area contributed by atoms with E-state index in [0.717, 1.165) is 22.1 Å². The van der Waals surface area contributed by atoms with Gasteiger partial charge in [0.05, 0.1) is 18.8 Å². The molecular formula is C14H17N5OS2. The first-order valence-corrected chi connectivity index (χ1v) is 8.69. The van der Waals surface area contributed by atoms with E-state index in [1.165, 1.54) is 4.88 Å². The number of hydrogen-bond donors (Lipinski definition) is 1. The summed E-state index contributed by atoms with van der Waals surface area (Å²) in [6, 6.07) is -0.121. The van der Waals surface area contributed by atoms with Crippen molar-refractivity contribution in [2.24, 2.45) is 0 Å². The Kier molecular flexibility index (Phi) is 4.39. The molecule has 116 valence electrons. The fraction of sp³-hybridized carbons (Fsp3) is 0.357. The van der Waals surface area contributed by atoms with E-state index >= 15 is 0 Å². The van der Waals surface area contributed by atoms with Crippen molar-refractivity contribution in [3.8, 4) is 0 Å². The van der Waals surface area contributed by atoms with Crippen molar-refractivity contribution in [1.29, 1.82) is 0 Å². The monoisotopic (exact) mass is 335 g/mol. The molecule has 1 N–H and O–H groups in total. The second kappa shape index (κ2) is 6.45. The third kappa shape index (κ3) is 3.28. The molecule has 8 heteroatoms. The van der Waals surface area contributed by atoms with Crippen LogP contribution in [0.2, 0.25) is 0 Å². The second-order valence-electron chi connectivity index (χ2n) is 4.91. The molecule has 0 aromatic carbocycles. The van der Waals surface area contributed by atoms with E-state index in [1.807, 2.05) is 28.4 Å². The second-order valence-corrected chi connectivity index (χ2v) is 6.99. The van der Waals surface area contributed by atoms with Crippen molar-refractivity contribution in [2.45, 2.75) is 26.4 Å². The molecule has 3 aromatic heterocycles. The van der Waals surface area contributed by atoms with Crippen molar-refractivity contribution >= 4 is 33.7 Å². The highest BCUT2D eigenvalue weighted by molar-refractivity contribution is 7.15. The summed E-state index contributed by atoms with van der Waals surface area (Å²) in [6.07, 6.45) is 6.74. The van der Waals surface area contributed by atoms with E-state index in [-0.39, 0.29) is 6.03 Å². The first-order valence-electron chi connectivity index (χ1n) is 6.99. The Bertz CT molecular complexity index is 746. The van der Waals surface area contributed by atoms with Crippen LogP contribution in [0.3, 0.4) is 0 Å². The predicted octanol–water partition coefficient (Wildman–Crippen LogP) is 2.76. The molecule has 3 heterocycles. The fourth-order valence-corrected chi connectivity index (χ4v) is 3.66. The molecule has 2 amide bonds. The van der Waals surface area contributed by atoms with Gasteiger partial charge >= 0.3 is 6.03 Å². The number of thiazole rings is 2. The molecule has 0 unspecified atom stereocenters. The van der Waals surface area contributed by atoms with Crippen LogP contribution >= 0.6 is 22.7 Å². The van der Waals surface area contributed by atoms with Gasteiger partial charge in [-0.2, -0.15) is 0 Å². The minimum atomic E-state index is -0.121. The van der Waals surface area contributed by atoms with Crippen molar-refractivity contribution in [1.82, 2.24) is 24.6 Å². The number of aromatic nitrogens is 3. The number of rotatable bonds is 5. The molecule has 0 radical (unpaired) electrons. The minimum absolute atomic E-state index is 0.121. The van der Waals surface area contributed by atoms with Crippen LogP contribution in [0.15, 0.2) is 24.0 Å². The number of fused-ring (bicyclic) bond motifs is 1. The molecule has 6 nitrogen and oxygen atoms in total. The molecule has 0 bridgehead atoms. The van der Waals surface area contributed by atoms with Crippen LogP contribution in [0.5, 0.6) is 0 Å². The average molecular weight is 335 g/mol. The number of nitrogens with one attached hydrogen (secondary N) is 1. The van der Waals surface area contributed by atoms with Crippen LogP contribution in [0.25, 0.3) is 4.96 Å². The minimum Gasteiger partial charge on any atom is -0.332 e. The Morgan fingerprint density at radius 3 is 3.09 bits per heavy atom. The summed E-state index contributed by atoms with van der Waals surface area (Å²) in [6.45, 7) is 3.05. The van der Waals surface area contributed by atoms with Gasteiger partial charge in [0.2, 0.25) is 0 Å². The summed E-state index contributed by atoms with van der Waals surface area (Å²) in [4.78, 5) is 24.7. The molecule has 0 aliphatic carbocycles. The maximum absolute atomic E-state index is 12.1. The van der Waals surface area contributed by atoms with Gasteiger partial charge in [0, 0.05) is 35.9 Å². The predicted molar refractivity (Wildman–Crippen MR) is 88.3 cm³/mol. The number of imidazole rings is 1. The van der Waals surface area contributed by atoms with E-state index in [0.29, 0.717) is 13.1 Å². The van der Waals surface area contributed by atoms with Crippen LogP contribution in [0, 0.1) is 0 Å². The third-order valence-electron chi connectivity index (χ3n) is 3.23. The van der Waals surface area contributed by atoms with Crippen molar-refractivity contribution in [3.05, 3.63) is 39.5 Å². The molecule has 0 aliphatic rings. The van der Waals surface area contributed by atoms with Crippen LogP contribution in [0.4, 0.5) is 4.79 Å². The van der Waals surface area contributed by atoms with E-state index < -0.39 is 0 Å². The quantitative estimate of drug-likeness (QED) is 0.780. The molecule has 22 heavy (non-hydrogen) atoms. The summed E-state index contributed by atoms with van der Waals surface area (Å²) < 4.78 is 1.96. The van der Waals surface area contributed by atoms with E-state index in [4.69, 9.17) is 0 Å². The number of nitrogens with zero attached hydrogens (tertiary/aromatic N) is 4. The number of amides is 2. The van der Waals surface area contributed by atoms with E-state index in [2.05, 4.69) is 22.2 Å². The van der Waals surface area contributed by atoms with Gasteiger partial charge in [0.25, 0.3) is 0 Å². The number of carbonyl (C=O) groups is 1. The summed E-state index contributed by atoms with van der Waals surface area (Å²) in [5.74, 6) is 0. The lowest BCUT2D eigenvalue weighted by Gasteiger charge is -2.16. The normalized spacial score (nSPS) is 11.0. The molecular weight excluding hydrogens is 318 g/mol. The van der Waals surface area contributed by atoms with E-state index in [9.17, 15) is 4.79 Å². The van der Waals surface area contributed by atoms with Crippen LogP contribution < -0.4 is 5.32 Å². The maximum Gasteiger partial charge on any atom is 0.317 e. The summed E-state index contributed by atoms with van der Waals surface area (Å²) in [5, 5.41) is 5.82. The van der Waals surface area contributed by atoms with Crippen LogP contribution in [-0.2, 0) is 19.5 Å². The average Bonchev–Trinajstić information content (AvgIpc) is 3.19. The van der Waals surface area contributed by atoms with E-state index in [1.54, 1.807) is 34.6 Å². The molecule has 0 saturated carbocycles. The fourth-order valence-electron chi connectivity index (χ4n) is 2.02. The van der Waals surface area contributed by atoms with Gasteiger partial charge in [-0.05, 0) is 6.42 Å². The first kappa shape index (κ1) is 15.0. The SMILES string of the molecule is CCc1cnc(CN(C)C(=O)NCc2cn3ccsc3n2)s1. The number of hydrogen-bond acceptors (Lipinski definition) is 5. The third-order valence-corrected chi connectivity index (χ3v) is 5.13. The highest BCUT2D eigenvalue weighted by Gasteiger charge is 2.12. The lowest BCUT2D eigenvalue weighted by molar-refractivity contribution is 0.206. The molecule has 0 atom stereocenters.